The molecule has 0 aliphatic carbocycles. The molecule has 3 aromatic rings. The van der Waals surface area contributed by atoms with Crippen LogP contribution in [0.25, 0.3) is 0 Å². The van der Waals surface area contributed by atoms with Gasteiger partial charge in [-0.15, -0.1) is 0 Å². The van der Waals surface area contributed by atoms with Crippen LogP contribution in [0.1, 0.15) is 27.0 Å². The molecule has 0 atom stereocenters. The average molecular weight is 337 g/mol. The number of hydrogen-bond acceptors (Lipinski definition) is 3. The summed E-state index contributed by atoms with van der Waals surface area (Å²) in [6.45, 7) is 1.67. The lowest BCUT2D eigenvalue weighted by Gasteiger charge is -2.08. The molecule has 3 nitrogen and oxygen atoms in total. The number of carbonyl (C=O) groups excluding carboxylic acids is 1. The Balaban J connectivity index is 1.49. The first kappa shape index (κ1) is 16.4. The standard InChI is InChI=1S/C20H19NO2S/c22-20(19-9-10-24-15-19)21-12-17-7-4-8-18(11-17)14-23-13-16-5-2-1-3-6-16/h1-11,15H,12-14H2,(H,21,22). The predicted octanol–water partition coefficient (Wildman–Crippen LogP) is 4.39. The summed E-state index contributed by atoms with van der Waals surface area (Å²) in [5.41, 5.74) is 4.05. The van der Waals surface area contributed by atoms with E-state index in [2.05, 4.69) is 23.5 Å². The van der Waals surface area contributed by atoms with E-state index < -0.39 is 0 Å². The second kappa shape index (κ2) is 8.43. The van der Waals surface area contributed by atoms with Gasteiger partial charge in [-0.25, -0.2) is 0 Å². The van der Waals surface area contributed by atoms with Crippen LogP contribution in [0.15, 0.2) is 71.4 Å². The van der Waals surface area contributed by atoms with E-state index in [1.54, 1.807) is 0 Å². The van der Waals surface area contributed by atoms with Crippen LogP contribution in [0.2, 0.25) is 0 Å². The molecule has 1 heterocycles. The average Bonchev–Trinajstić information content (AvgIpc) is 3.16. The molecule has 1 aromatic heterocycles. The van der Waals surface area contributed by atoms with Gasteiger partial charge in [0, 0.05) is 17.5 Å². The molecule has 1 amide bonds. The number of benzene rings is 2. The number of nitrogens with one attached hydrogen (secondary N) is 1. The Hall–Kier alpha value is -2.43. The fraction of sp³-hybridized carbons (Fsp3) is 0.150. The van der Waals surface area contributed by atoms with Crippen LogP contribution >= 0.6 is 11.3 Å². The lowest BCUT2D eigenvalue weighted by molar-refractivity contribution is 0.0951. The van der Waals surface area contributed by atoms with Crippen LogP contribution in [0.5, 0.6) is 0 Å². The number of hydrogen-bond donors (Lipinski definition) is 1. The second-order valence-electron chi connectivity index (χ2n) is 5.49. The van der Waals surface area contributed by atoms with Crippen molar-refractivity contribution in [2.24, 2.45) is 0 Å². The minimum atomic E-state index is -0.0398. The lowest BCUT2D eigenvalue weighted by atomic mass is 10.1. The Kier molecular flexibility index (Phi) is 5.77. The zero-order valence-corrected chi connectivity index (χ0v) is 14.1. The van der Waals surface area contributed by atoms with Crippen molar-refractivity contribution in [3.8, 4) is 0 Å². The lowest BCUT2D eigenvalue weighted by Crippen LogP contribution is -2.22. The summed E-state index contributed by atoms with van der Waals surface area (Å²) < 4.78 is 5.76. The Morgan fingerprint density at radius 1 is 0.917 bits per heavy atom. The van der Waals surface area contributed by atoms with Gasteiger partial charge in [0.1, 0.15) is 0 Å². The monoisotopic (exact) mass is 337 g/mol. The summed E-state index contributed by atoms with van der Waals surface area (Å²) in [4.78, 5) is 12.0. The van der Waals surface area contributed by atoms with E-state index in [9.17, 15) is 4.79 Å². The van der Waals surface area contributed by atoms with Crippen molar-refractivity contribution < 1.29 is 9.53 Å². The van der Waals surface area contributed by atoms with E-state index in [1.807, 2.05) is 53.2 Å². The summed E-state index contributed by atoms with van der Waals surface area (Å²) in [6, 6.07) is 20.1. The first-order chi connectivity index (χ1) is 11.8. The maximum atomic E-state index is 12.0. The third-order valence-electron chi connectivity index (χ3n) is 3.61. The van der Waals surface area contributed by atoms with Gasteiger partial charge in [0.2, 0.25) is 0 Å². The molecule has 3 rings (SSSR count). The van der Waals surface area contributed by atoms with Crippen molar-refractivity contribution in [1.29, 1.82) is 0 Å². The van der Waals surface area contributed by atoms with Gasteiger partial charge in [-0.2, -0.15) is 11.3 Å². The Bertz CT molecular complexity index is 769. The topological polar surface area (TPSA) is 38.3 Å². The van der Waals surface area contributed by atoms with Crippen LogP contribution in [0.3, 0.4) is 0 Å². The number of carbonyl (C=O) groups is 1. The normalized spacial score (nSPS) is 10.5. The van der Waals surface area contributed by atoms with Crippen molar-refractivity contribution in [3.05, 3.63) is 93.7 Å². The summed E-state index contributed by atoms with van der Waals surface area (Å²) in [7, 11) is 0. The Morgan fingerprint density at radius 2 is 1.67 bits per heavy atom. The van der Waals surface area contributed by atoms with Crippen molar-refractivity contribution in [1.82, 2.24) is 5.32 Å². The molecule has 0 aliphatic heterocycles. The van der Waals surface area contributed by atoms with Crippen molar-refractivity contribution >= 4 is 17.2 Å². The first-order valence-corrected chi connectivity index (χ1v) is 8.75. The van der Waals surface area contributed by atoms with Crippen LogP contribution in [-0.4, -0.2) is 5.91 Å². The smallest absolute Gasteiger partial charge is 0.252 e. The maximum Gasteiger partial charge on any atom is 0.252 e. The molecule has 0 spiro atoms. The molecule has 1 N–H and O–H groups in total. The van der Waals surface area contributed by atoms with Gasteiger partial charge in [-0.3, -0.25) is 4.79 Å². The molecule has 0 aliphatic rings. The number of ether oxygens (including phenoxy) is 1. The van der Waals surface area contributed by atoms with E-state index in [-0.39, 0.29) is 5.91 Å². The SMILES string of the molecule is O=C(NCc1cccc(COCc2ccccc2)c1)c1ccsc1. The Labute approximate surface area is 145 Å². The molecule has 0 radical (unpaired) electrons. The molecule has 2 aromatic carbocycles. The zero-order valence-electron chi connectivity index (χ0n) is 13.3. The third-order valence-corrected chi connectivity index (χ3v) is 4.29. The highest BCUT2D eigenvalue weighted by atomic mass is 32.1. The highest BCUT2D eigenvalue weighted by Crippen LogP contribution is 2.10. The molecule has 0 unspecified atom stereocenters. The highest BCUT2D eigenvalue weighted by molar-refractivity contribution is 7.08. The predicted molar refractivity (Wildman–Crippen MR) is 96.9 cm³/mol. The molecule has 0 fully saturated rings. The molecule has 4 heteroatoms. The fourth-order valence-corrected chi connectivity index (χ4v) is 3.00. The van der Waals surface area contributed by atoms with Gasteiger partial charge < -0.3 is 10.1 Å². The zero-order chi connectivity index (χ0) is 16.6. The summed E-state index contributed by atoms with van der Waals surface area (Å²) >= 11 is 1.52. The van der Waals surface area contributed by atoms with Crippen molar-refractivity contribution in [2.75, 3.05) is 0 Å². The van der Waals surface area contributed by atoms with Gasteiger partial charge in [0.15, 0.2) is 0 Å². The number of rotatable bonds is 7. The summed E-state index contributed by atoms with van der Waals surface area (Å²) in [5.74, 6) is -0.0398. The van der Waals surface area contributed by atoms with Gasteiger partial charge in [-0.1, -0.05) is 54.6 Å². The minimum absolute atomic E-state index is 0.0398. The molecular formula is C20H19NO2S. The largest absolute Gasteiger partial charge is 0.372 e. The highest BCUT2D eigenvalue weighted by Gasteiger charge is 2.05. The summed E-state index contributed by atoms with van der Waals surface area (Å²) in [5, 5.41) is 6.69. The maximum absolute atomic E-state index is 12.0. The second-order valence-corrected chi connectivity index (χ2v) is 6.27. The van der Waals surface area contributed by atoms with Gasteiger partial charge >= 0.3 is 0 Å². The van der Waals surface area contributed by atoms with Gasteiger partial charge in [0.25, 0.3) is 5.91 Å². The fourth-order valence-electron chi connectivity index (χ4n) is 2.37. The molecule has 0 saturated carbocycles. The van der Waals surface area contributed by atoms with Crippen LogP contribution < -0.4 is 5.32 Å². The summed E-state index contributed by atoms with van der Waals surface area (Å²) in [6.07, 6.45) is 0. The van der Waals surface area contributed by atoms with Crippen LogP contribution in [-0.2, 0) is 24.5 Å². The van der Waals surface area contributed by atoms with Crippen LogP contribution in [0, 0.1) is 0 Å². The minimum Gasteiger partial charge on any atom is -0.372 e. The van der Waals surface area contributed by atoms with Crippen molar-refractivity contribution in [3.63, 3.8) is 0 Å². The molecule has 0 saturated heterocycles. The first-order valence-electron chi connectivity index (χ1n) is 7.81. The van der Waals surface area contributed by atoms with Gasteiger partial charge in [0.05, 0.1) is 13.2 Å². The third kappa shape index (κ3) is 4.78. The quantitative estimate of drug-likeness (QED) is 0.694. The van der Waals surface area contributed by atoms with Gasteiger partial charge in [-0.05, 0) is 28.1 Å². The molecule has 0 bridgehead atoms. The number of thiophene rings is 1. The van der Waals surface area contributed by atoms with E-state index in [0.29, 0.717) is 25.3 Å². The molecular weight excluding hydrogens is 318 g/mol. The molecule has 24 heavy (non-hydrogen) atoms. The van der Waals surface area contributed by atoms with E-state index in [0.717, 1.165) is 16.7 Å². The molecule has 122 valence electrons. The van der Waals surface area contributed by atoms with E-state index in [1.165, 1.54) is 11.3 Å². The van der Waals surface area contributed by atoms with E-state index >= 15 is 0 Å². The van der Waals surface area contributed by atoms with Crippen LogP contribution in [0.4, 0.5) is 0 Å². The number of amides is 1. The Morgan fingerprint density at radius 3 is 2.46 bits per heavy atom. The van der Waals surface area contributed by atoms with Crippen molar-refractivity contribution in [2.45, 2.75) is 19.8 Å². The van der Waals surface area contributed by atoms with E-state index in [4.69, 9.17) is 4.74 Å².